The smallest absolute Gasteiger partial charge is 0.322 e. The summed E-state index contributed by atoms with van der Waals surface area (Å²) in [6.45, 7) is 5.43. The van der Waals surface area contributed by atoms with Crippen LogP contribution in [0.5, 0.6) is 0 Å². The third-order valence-electron chi connectivity index (χ3n) is 2.52. The van der Waals surface area contributed by atoms with Crippen molar-refractivity contribution in [3.63, 3.8) is 0 Å². The molecule has 1 aromatic heterocycles. The van der Waals surface area contributed by atoms with E-state index in [9.17, 15) is 4.79 Å². The summed E-state index contributed by atoms with van der Waals surface area (Å²) in [6.07, 6.45) is 4.38. The summed E-state index contributed by atoms with van der Waals surface area (Å²) in [4.78, 5) is 15.6. The van der Waals surface area contributed by atoms with Crippen LogP contribution < -0.4 is 5.32 Å². The number of hydrogen-bond donors (Lipinski definition) is 1. The number of nitrogens with one attached hydrogen (secondary N) is 1. The molecule has 1 N–H and O–H groups in total. The minimum absolute atomic E-state index is 0.209. The van der Waals surface area contributed by atoms with Gasteiger partial charge >= 0.3 is 5.97 Å². The Balaban J connectivity index is 2.50. The number of imidazole rings is 1. The van der Waals surface area contributed by atoms with Crippen LogP contribution in [0.2, 0.25) is 0 Å². The second-order valence-electron chi connectivity index (χ2n) is 3.59. The molecule has 5 heteroatoms. The summed E-state index contributed by atoms with van der Waals surface area (Å²) in [5, 5.41) is 3.11. The fraction of sp³-hybridized carbons (Fsp3) is 0.636. The molecule has 5 nitrogen and oxygen atoms in total. The summed E-state index contributed by atoms with van der Waals surface area (Å²) < 4.78 is 6.76. The molecule has 0 aliphatic heterocycles. The van der Waals surface area contributed by atoms with Gasteiger partial charge in [0.05, 0.1) is 7.11 Å². The molecule has 0 saturated heterocycles. The molecule has 1 rings (SSSR count). The number of likely N-dealkylation sites (N-methyl/N-ethyl adjacent to an activating group) is 1. The molecular weight excluding hydrogens is 206 g/mol. The van der Waals surface area contributed by atoms with E-state index in [-0.39, 0.29) is 12.0 Å². The number of nitrogens with zero attached hydrogens (tertiary/aromatic N) is 2. The highest BCUT2D eigenvalue weighted by molar-refractivity contribution is 5.75. The van der Waals surface area contributed by atoms with E-state index < -0.39 is 0 Å². The van der Waals surface area contributed by atoms with Crippen molar-refractivity contribution >= 4 is 5.97 Å². The Morgan fingerprint density at radius 2 is 2.44 bits per heavy atom. The summed E-state index contributed by atoms with van der Waals surface area (Å²) in [5.41, 5.74) is 0. The van der Waals surface area contributed by atoms with Crippen LogP contribution in [0.15, 0.2) is 12.4 Å². The molecule has 1 heterocycles. The second-order valence-corrected chi connectivity index (χ2v) is 3.59. The summed E-state index contributed by atoms with van der Waals surface area (Å²) >= 11 is 0. The maximum atomic E-state index is 11.4. The summed E-state index contributed by atoms with van der Waals surface area (Å²) in [7, 11) is 1.41. The molecule has 1 unspecified atom stereocenters. The Morgan fingerprint density at radius 3 is 2.94 bits per heavy atom. The van der Waals surface area contributed by atoms with Crippen LogP contribution in [0.3, 0.4) is 0 Å². The number of carbonyl (C=O) groups is 1. The maximum Gasteiger partial charge on any atom is 0.322 e. The average Bonchev–Trinajstić information content (AvgIpc) is 2.69. The van der Waals surface area contributed by atoms with Crippen molar-refractivity contribution in [1.82, 2.24) is 14.9 Å². The minimum Gasteiger partial charge on any atom is -0.468 e. The molecular formula is C11H19N3O2. The maximum absolute atomic E-state index is 11.4. The van der Waals surface area contributed by atoms with Gasteiger partial charge in [-0.25, -0.2) is 4.98 Å². The van der Waals surface area contributed by atoms with E-state index in [2.05, 4.69) is 10.3 Å². The van der Waals surface area contributed by atoms with E-state index in [0.717, 1.165) is 18.9 Å². The van der Waals surface area contributed by atoms with Crippen LogP contribution in [-0.4, -0.2) is 35.2 Å². The molecule has 0 aromatic carbocycles. The lowest BCUT2D eigenvalue weighted by Gasteiger charge is -2.15. The second kappa shape index (κ2) is 6.27. The monoisotopic (exact) mass is 225 g/mol. The molecule has 0 bridgehead atoms. The lowest BCUT2D eigenvalue weighted by molar-refractivity contribution is -0.143. The Kier molecular flexibility index (Phi) is 4.98. The van der Waals surface area contributed by atoms with Crippen LogP contribution in [0.25, 0.3) is 0 Å². The SMILES string of the molecule is CCNC(CCn1ccnc1C)C(=O)OC. The Labute approximate surface area is 95.8 Å². The number of hydrogen-bond acceptors (Lipinski definition) is 4. The predicted octanol–water partition coefficient (Wildman–Crippen LogP) is 0.733. The molecule has 1 atom stereocenters. The molecule has 16 heavy (non-hydrogen) atoms. The highest BCUT2D eigenvalue weighted by Gasteiger charge is 2.17. The van der Waals surface area contributed by atoms with E-state index in [1.165, 1.54) is 7.11 Å². The van der Waals surface area contributed by atoms with Gasteiger partial charge in [-0.1, -0.05) is 6.92 Å². The van der Waals surface area contributed by atoms with Crippen LogP contribution in [0.4, 0.5) is 0 Å². The largest absolute Gasteiger partial charge is 0.468 e. The van der Waals surface area contributed by atoms with Gasteiger partial charge in [-0.15, -0.1) is 0 Å². The van der Waals surface area contributed by atoms with Crippen LogP contribution in [0.1, 0.15) is 19.2 Å². The van der Waals surface area contributed by atoms with E-state index in [4.69, 9.17) is 4.74 Å². The van der Waals surface area contributed by atoms with E-state index in [1.54, 1.807) is 6.20 Å². The zero-order valence-electron chi connectivity index (χ0n) is 10.1. The first-order valence-corrected chi connectivity index (χ1v) is 5.48. The molecule has 0 aliphatic rings. The molecule has 90 valence electrons. The highest BCUT2D eigenvalue weighted by atomic mass is 16.5. The molecule has 0 spiro atoms. The lowest BCUT2D eigenvalue weighted by atomic mass is 10.2. The zero-order chi connectivity index (χ0) is 12.0. The quantitative estimate of drug-likeness (QED) is 0.725. The molecule has 0 amide bonds. The molecule has 0 saturated carbocycles. The normalized spacial score (nSPS) is 12.4. The van der Waals surface area contributed by atoms with Crippen molar-refractivity contribution in [3.8, 4) is 0 Å². The van der Waals surface area contributed by atoms with Gasteiger partial charge in [0.1, 0.15) is 11.9 Å². The van der Waals surface area contributed by atoms with E-state index in [0.29, 0.717) is 6.42 Å². The first-order chi connectivity index (χ1) is 7.69. The predicted molar refractivity (Wildman–Crippen MR) is 61.1 cm³/mol. The Morgan fingerprint density at radius 1 is 1.69 bits per heavy atom. The topological polar surface area (TPSA) is 56.2 Å². The fourth-order valence-electron chi connectivity index (χ4n) is 1.60. The standard InChI is InChI=1S/C11H19N3O2/c1-4-12-10(11(15)16-3)5-7-14-8-6-13-9(14)2/h6,8,10,12H,4-5,7H2,1-3H3. The number of ether oxygens (including phenoxy) is 1. The van der Waals surface area contributed by atoms with Gasteiger partial charge in [-0.05, 0) is 19.9 Å². The third-order valence-corrected chi connectivity index (χ3v) is 2.52. The first kappa shape index (κ1) is 12.7. The van der Waals surface area contributed by atoms with Crippen LogP contribution in [-0.2, 0) is 16.1 Å². The van der Waals surface area contributed by atoms with Gasteiger partial charge in [0, 0.05) is 18.9 Å². The Bertz CT molecular complexity index is 336. The van der Waals surface area contributed by atoms with Crippen molar-refractivity contribution in [1.29, 1.82) is 0 Å². The number of rotatable bonds is 6. The van der Waals surface area contributed by atoms with Crippen LogP contribution >= 0.6 is 0 Å². The van der Waals surface area contributed by atoms with Crippen molar-refractivity contribution in [2.75, 3.05) is 13.7 Å². The van der Waals surface area contributed by atoms with Crippen LogP contribution in [0, 0.1) is 6.92 Å². The number of carbonyl (C=O) groups excluding carboxylic acids is 1. The first-order valence-electron chi connectivity index (χ1n) is 5.48. The van der Waals surface area contributed by atoms with Gasteiger partial charge in [-0.3, -0.25) is 4.79 Å². The number of aryl methyl sites for hydroxylation is 2. The fourth-order valence-corrected chi connectivity index (χ4v) is 1.60. The zero-order valence-corrected chi connectivity index (χ0v) is 10.1. The van der Waals surface area contributed by atoms with Crippen molar-refractivity contribution < 1.29 is 9.53 Å². The third kappa shape index (κ3) is 3.34. The van der Waals surface area contributed by atoms with Gasteiger partial charge in [0.2, 0.25) is 0 Å². The Hall–Kier alpha value is -1.36. The van der Waals surface area contributed by atoms with Gasteiger partial charge < -0.3 is 14.6 Å². The summed E-state index contributed by atoms with van der Waals surface area (Å²) in [5.74, 6) is 0.750. The van der Waals surface area contributed by atoms with Crippen molar-refractivity contribution in [2.24, 2.45) is 0 Å². The number of aromatic nitrogens is 2. The van der Waals surface area contributed by atoms with Crippen molar-refractivity contribution in [3.05, 3.63) is 18.2 Å². The molecule has 0 aliphatic carbocycles. The number of esters is 1. The van der Waals surface area contributed by atoms with Gasteiger partial charge in [0.25, 0.3) is 0 Å². The minimum atomic E-state index is -0.239. The van der Waals surface area contributed by atoms with Gasteiger partial charge in [-0.2, -0.15) is 0 Å². The number of methoxy groups -OCH3 is 1. The molecule has 1 aromatic rings. The van der Waals surface area contributed by atoms with Crippen molar-refractivity contribution in [2.45, 2.75) is 32.9 Å². The van der Waals surface area contributed by atoms with E-state index in [1.807, 2.05) is 24.6 Å². The average molecular weight is 225 g/mol. The molecule has 0 radical (unpaired) electrons. The highest BCUT2D eigenvalue weighted by Crippen LogP contribution is 2.02. The molecule has 0 fully saturated rings. The summed E-state index contributed by atoms with van der Waals surface area (Å²) in [6, 6.07) is -0.239. The van der Waals surface area contributed by atoms with E-state index >= 15 is 0 Å². The van der Waals surface area contributed by atoms with Gasteiger partial charge in [0.15, 0.2) is 0 Å². The lowest BCUT2D eigenvalue weighted by Crippen LogP contribution is -2.38.